The predicted molar refractivity (Wildman–Crippen MR) is 117 cm³/mol. The molecule has 2 fully saturated rings. The number of likely N-dealkylation sites (tertiary alicyclic amines) is 2. The average Bonchev–Trinajstić information content (AvgIpc) is 3.53. The number of carbonyl (C=O) groups is 5. The third-order valence-electron chi connectivity index (χ3n) is 6.24. The molecule has 180 valence electrons. The maximum absolute atomic E-state index is 13.3. The molecule has 11 nitrogen and oxygen atoms in total. The summed E-state index contributed by atoms with van der Waals surface area (Å²) in [4.78, 5) is 72.6. The number of hydrogen-bond donors (Lipinski definition) is 3. The van der Waals surface area contributed by atoms with Crippen molar-refractivity contribution < 1.29 is 24.0 Å². The minimum Gasteiger partial charge on any atom is -0.368 e. The number of rotatable bonds is 10. The Morgan fingerprint density at radius 2 is 2.03 bits per heavy atom. The summed E-state index contributed by atoms with van der Waals surface area (Å²) in [6, 6.07) is -2.66. The van der Waals surface area contributed by atoms with Crippen LogP contribution in [-0.2, 0) is 30.4 Å². The van der Waals surface area contributed by atoms with Crippen molar-refractivity contribution in [1.82, 2.24) is 25.1 Å². The second kappa shape index (κ2) is 11.1. The van der Waals surface area contributed by atoms with Crippen molar-refractivity contribution in [2.75, 3.05) is 6.54 Å². The molecule has 0 radical (unpaired) electrons. The molecule has 33 heavy (non-hydrogen) atoms. The molecular weight excluding hydrogens is 428 g/mol. The van der Waals surface area contributed by atoms with Crippen molar-refractivity contribution in [2.24, 2.45) is 5.73 Å². The van der Waals surface area contributed by atoms with Crippen LogP contribution in [0.15, 0.2) is 12.5 Å². The molecule has 2 aliphatic heterocycles. The number of H-pyrrole nitrogens is 1. The standard InChI is InChI=1S/C22H32N6O5/c1-2-3-4-7-18(29)28-17(8-9-19(28)30)21(32)26-15(11-14-12-24-13-25-14)22(33)27-10-5-6-16(27)20(23)31/h12-13,15-17H,2-11H2,1H3,(H2,23,31)(H,24,25)(H,26,32)/t15-,16-,17-/m0/s1. The third kappa shape index (κ3) is 5.77. The summed E-state index contributed by atoms with van der Waals surface area (Å²) < 4.78 is 0. The molecule has 0 spiro atoms. The van der Waals surface area contributed by atoms with E-state index in [1.807, 2.05) is 6.92 Å². The molecule has 4 N–H and O–H groups in total. The van der Waals surface area contributed by atoms with Gasteiger partial charge in [0.05, 0.1) is 6.33 Å². The highest BCUT2D eigenvalue weighted by atomic mass is 16.2. The lowest BCUT2D eigenvalue weighted by atomic mass is 10.1. The number of aromatic nitrogens is 2. The van der Waals surface area contributed by atoms with E-state index in [4.69, 9.17) is 5.73 Å². The van der Waals surface area contributed by atoms with Crippen molar-refractivity contribution in [1.29, 1.82) is 0 Å². The van der Waals surface area contributed by atoms with Gasteiger partial charge in [0.2, 0.25) is 29.5 Å². The molecule has 0 aliphatic carbocycles. The quantitative estimate of drug-likeness (QED) is 0.417. The molecule has 3 rings (SSSR count). The lowest BCUT2D eigenvalue weighted by Crippen LogP contribution is -2.57. The fourth-order valence-corrected chi connectivity index (χ4v) is 4.50. The van der Waals surface area contributed by atoms with Crippen LogP contribution in [0.25, 0.3) is 0 Å². The SMILES string of the molecule is CCCCCC(=O)N1C(=O)CC[C@H]1C(=O)N[C@@H](Cc1cnc[nH]1)C(=O)N1CCC[C@H]1C(N)=O. The van der Waals surface area contributed by atoms with Gasteiger partial charge in [-0.25, -0.2) is 4.98 Å². The summed E-state index contributed by atoms with van der Waals surface area (Å²) in [6.45, 7) is 2.38. The summed E-state index contributed by atoms with van der Waals surface area (Å²) in [5.74, 6) is -2.31. The fourth-order valence-electron chi connectivity index (χ4n) is 4.50. The van der Waals surface area contributed by atoms with Crippen LogP contribution in [0.5, 0.6) is 0 Å². The molecular formula is C22H32N6O5. The number of unbranched alkanes of at least 4 members (excludes halogenated alkanes) is 2. The molecule has 3 atom stereocenters. The van der Waals surface area contributed by atoms with Crippen LogP contribution >= 0.6 is 0 Å². The highest BCUT2D eigenvalue weighted by Crippen LogP contribution is 2.23. The zero-order valence-corrected chi connectivity index (χ0v) is 18.9. The Hall–Kier alpha value is -3.24. The Bertz CT molecular complexity index is 886. The number of amides is 5. The van der Waals surface area contributed by atoms with Gasteiger partial charge in [0.15, 0.2) is 0 Å². The Labute approximate surface area is 192 Å². The first-order valence-electron chi connectivity index (χ1n) is 11.6. The molecule has 0 bridgehead atoms. The Morgan fingerprint density at radius 1 is 1.24 bits per heavy atom. The van der Waals surface area contributed by atoms with Crippen LogP contribution in [0, 0.1) is 0 Å². The minimum atomic E-state index is -0.995. The van der Waals surface area contributed by atoms with Crippen molar-refractivity contribution in [3.05, 3.63) is 18.2 Å². The number of primary amides is 1. The largest absolute Gasteiger partial charge is 0.368 e. The van der Waals surface area contributed by atoms with Crippen molar-refractivity contribution >= 4 is 29.5 Å². The van der Waals surface area contributed by atoms with Gasteiger partial charge in [-0.05, 0) is 25.7 Å². The highest BCUT2D eigenvalue weighted by Gasteiger charge is 2.42. The van der Waals surface area contributed by atoms with Gasteiger partial charge in [-0.3, -0.25) is 28.9 Å². The van der Waals surface area contributed by atoms with Crippen LogP contribution in [0.1, 0.15) is 64.0 Å². The van der Waals surface area contributed by atoms with Gasteiger partial charge in [-0.2, -0.15) is 0 Å². The molecule has 2 saturated heterocycles. The lowest BCUT2D eigenvalue weighted by Gasteiger charge is -2.29. The van der Waals surface area contributed by atoms with Crippen LogP contribution in [0.3, 0.4) is 0 Å². The number of carbonyl (C=O) groups excluding carboxylic acids is 5. The zero-order chi connectivity index (χ0) is 24.0. The maximum Gasteiger partial charge on any atom is 0.246 e. The third-order valence-corrected chi connectivity index (χ3v) is 6.24. The second-order valence-corrected chi connectivity index (χ2v) is 8.60. The fraction of sp³-hybridized carbons (Fsp3) is 0.636. The second-order valence-electron chi connectivity index (χ2n) is 8.60. The highest BCUT2D eigenvalue weighted by molar-refractivity contribution is 6.03. The van der Waals surface area contributed by atoms with E-state index in [0.29, 0.717) is 31.5 Å². The Kier molecular flexibility index (Phi) is 8.18. The van der Waals surface area contributed by atoms with Gasteiger partial charge < -0.3 is 20.9 Å². The number of aromatic amines is 1. The molecule has 0 unspecified atom stereocenters. The summed E-state index contributed by atoms with van der Waals surface area (Å²) in [6.07, 6.45) is 7.22. The maximum atomic E-state index is 13.3. The number of nitrogens with zero attached hydrogens (tertiary/aromatic N) is 3. The van der Waals surface area contributed by atoms with Gasteiger partial charge in [0, 0.05) is 37.7 Å². The van der Waals surface area contributed by atoms with Crippen molar-refractivity contribution in [3.8, 4) is 0 Å². The number of imidazole rings is 1. The van der Waals surface area contributed by atoms with Gasteiger partial charge in [0.25, 0.3) is 0 Å². The van der Waals surface area contributed by atoms with Gasteiger partial charge in [-0.15, -0.1) is 0 Å². The van der Waals surface area contributed by atoms with Crippen LogP contribution in [-0.4, -0.2) is 74.0 Å². The monoisotopic (exact) mass is 460 g/mol. The zero-order valence-electron chi connectivity index (χ0n) is 18.9. The number of hydrogen-bond acceptors (Lipinski definition) is 6. The molecule has 11 heteroatoms. The first-order valence-corrected chi connectivity index (χ1v) is 11.6. The van der Waals surface area contributed by atoms with Crippen LogP contribution in [0.2, 0.25) is 0 Å². The van der Waals surface area contributed by atoms with E-state index in [1.165, 1.54) is 11.2 Å². The van der Waals surface area contributed by atoms with Crippen molar-refractivity contribution in [3.63, 3.8) is 0 Å². The number of nitrogens with one attached hydrogen (secondary N) is 2. The number of imide groups is 1. The average molecular weight is 461 g/mol. The predicted octanol–water partition coefficient (Wildman–Crippen LogP) is 0.0112. The van der Waals surface area contributed by atoms with Crippen LogP contribution in [0.4, 0.5) is 0 Å². The summed E-state index contributed by atoms with van der Waals surface area (Å²) in [5, 5.41) is 2.73. The van der Waals surface area contributed by atoms with Gasteiger partial charge in [0.1, 0.15) is 18.1 Å². The normalized spacial score (nSPS) is 21.3. The first-order chi connectivity index (χ1) is 15.8. The summed E-state index contributed by atoms with van der Waals surface area (Å²) in [7, 11) is 0. The van der Waals surface area contributed by atoms with E-state index in [2.05, 4.69) is 15.3 Å². The minimum absolute atomic E-state index is 0.104. The lowest BCUT2D eigenvalue weighted by molar-refractivity contribution is -0.148. The van der Waals surface area contributed by atoms with E-state index in [-0.39, 0.29) is 37.5 Å². The number of nitrogens with two attached hydrogens (primary N) is 1. The van der Waals surface area contributed by atoms with E-state index in [1.54, 1.807) is 6.20 Å². The molecule has 1 aromatic heterocycles. The molecule has 1 aromatic rings. The van der Waals surface area contributed by atoms with E-state index in [0.717, 1.165) is 17.7 Å². The summed E-state index contributed by atoms with van der Waals surface area (Å²) >= 11 is 0. The molecule has 2 aliphatic rings. The molecule has 5 amide bonds. The van der Waals surface area contributed by atoms with Crippen LogP contribution < -0.4 is 11.1 Å². The molecule has 0 saturated carbocycles. The van der Waals surface area contributed by atoms with E-state index in [9.17, 15) is 24.0 Å². The van der Waals surface area contributed by atoms with E-state index >= 15 is 0 Å². The van der Waals surface area contributed by atoms with Gasteiger partial charge in [-0.1, -0.05) is 19.8 Å². The molecule has 3 heterocycles. The van der Waals surface area contributed by atoms with E-state index < -0.39 is 35.8 Å². The Balaban J connectivity index is 1.75. The smallest absolute Gasteiger partial charge is 0.246 e. The Morgan fingerprint density at radius 3 is 2.70 bits per heavy atom. The topological polar surface area (TPSA) is 159 Å². The summed E-state index contributed by atoms with van der Waals surface area (Å²) in [5.41, 5.74) is 6.09. The first kappa shape index (κ1) is 24.4. The van der Waals surface area contributed by atoms with Crippen molar-refractivity contribution in [2.45, 2.75) is 82.8 Å². The molecule has 0 aromatic carbocycles. The van der Waals surface area contributed by atoms with Gasteiger partial charge >= 0.3 is 0 Å².